The van der Waals surface area contributed by atoms with Gasteiger partial charge in [0, 0.05) is 0 Å². The van der Waals surface area contributed by atoms with Crippen molar-refractivity contribution in [3.05, 3.63) is 42.0 Å². The summed E-state index contributed by atoms with van der Waals surface area (Å²) in [5, 5.41) is 2.29. The van der Waals surface area contributed by atoms with Gasteiger partial charge in [0.1, 0.15) is 5.75 Å². The fourth-order valence-corrected chi connectivity index (χ4v) is 3.21. The Hall–Kier alpha value is -2.03. The highest BCUT2D eigenvalue weighted by Gasteiger charge is 2.38. The highest BCUT2D eigenvalue weighted by molar-refractivity contribution is 5.85. The summed E-state index contributed by atoms with van der Waals surface area (Å²) in [4.78, 5) is 12.3. The van der Waals surface area contributed by atoms with E-state index >= 15 is 0 Å². The molecule has 0 aromatic heterocycles. The van der Waals surface area contributed by atoms with Gasteiger partial charge in [0.05, 0.1) is 19.1 Å². The highest BCUT2D eigenvalue weighted by Crippen LogP contribution is 2.40. The van der Waals surface area contributed by atoms with Crippen LogP contribution in [0.3, 0.4) is 0 Å². The Morgan fingerprint density at radius 2 is 1.74 bits per heavy atom. The molecule has 2 aromatic rings. The van der Waals surface area contributed by atoms with Crippen LogP contribution in [0.15, 0.2) is 36.4 Å². The third-order valence-electron chi connectivity index (χ3n) is 4.55. The normalized spacial score (nSPS) is 12.9. The van der Waals surface area contributed by atoms with Gasteiger partial charge in [0.15, 0.2) is 0 Å². The largest absolute Gasteiger partial charge is 0.497 e. The predicted octanol–water partition coefficient (Wildman–Crippen LogP) is 4.93. The van der Waals surface area contributed by atoms with Crippen molar-refractivity contribution in [3.8, 4) is 5.75 Å². The zero-order valence-corrected chi connectivity index (χ0v) is 14.7. The molecule has 0 aliphatic rings. The molecule has 2 aromatic carbocycles. The summed E-state index contributed by atoms with van der Waals surface area (Å²) < 4.78 is 10.5. The van der Waals surface area contributed by atoms with Crippen LogP contribution in [0.4, 0.5) is 0 Å². The van der Waals surface area contributed by atoms with Gasteiger partial charge in [-0.3, -0.25) is 4.79 Å². The molecule has 124 valence electrons. The highest BCUT2D eigenvalue weighted by atomic mass is 16.5. The molecule has 0 fully saturated rings. The van der Waals surface area contributed by atoms with E-state index in [0.717, 1.165) is 22.9 Å². The summed E-state index contributed by atoms with van der Waals surface area (Å²) in [6.45, 7) is 8.31. The first-order chi connectivity index (χ1) is 10.9. The first-order valence-corrected chi connectivity index (χ1v) is 8.19. The first kappa shape index (κ1) is 17.3. The van der Waals surface area contributed by atoms with E-state index in [9.17, 15) is 4.79 Å². The van der Waals surface area contributed by atoms with Gasteiger partial charge in [-0.05, 0) is 61.6 Å². The van der Waals surface area contributed by atoms with Gasteiger partial charge < -0.3 is 9.47 Å². The zero-order chi connectivity index (χ0) is 17.0. The minimum Gasteiger partial charge on any atom is -0.497 e. The van der Waals surface area contributed by atoms with Crippen molar-refractivity contribution < 1.29 is 14.3 Å². The van der Waals surface area contributed by atoms with Crippen molar-refractivity contribution in [1.82, 2.24) is 0 Å². The van der Waals surface area contributed by atoms with Crippen LogP contribution in [0.5, 0.6) is 5.75 Å². The van der Waals surface area contributed by atoms with Crippen molar-refractivity contribution in [2.24, 2.45) is 5.41 Å². The van der Waals surface area contributed by atoms with Crippen LogP contribution in [0, 0.1) is 5.41 Å². The number of carbonyl (C=O) groups excluding carboxylic acids is 1. The predicted molar refractivity (Wildman–Crippen MR) is 93.9 cm³/mol. The quantitative estimate of drug-likeness (QED) is 0.709. The summed E-state index contributed by atoms with van der Waals surface area (Å²) >= 11 is 0. The van der Waals surface area contributed by atoms with Crippen molar-refractivity contribution in [2.75, 3.05) is 13.7 Å². The second-order valence-electron chi connectivity index (χ2n) is 6.38. The number of fused-ring (bicyclic) bond motifs is 1. The Kier molecular flexibility index (Phi) is 5.30. The molecule has 23 heavy (non-hydrogen) atoms. The fourth-order valence-electron chi connectivity index (χ4n) is 3.21. The standard InChI is InChI=1S/C20H26O3/c1-6-18(20(3,4)19(21)23-7-2)16-9-8-15-13-17(22-5)11-10-14(15)12-16/h8-13,18H,6-7H2,1-5H3. The number of esters is 1. The topological polar surface area (TPSA) is 35.5 Å². The lowest BCUT2D eigenvalue weighted by Gasteiger charge is -2.32. The number of ether oxygens (including phenoxy) is 2. The molecule has 0 aliphatic heterocycles. The van der Waals surface area contributed by atoms with E-state index in [1.54, 1.807) is 7.11 Å². The van der Waals surface area contributed by atoms with Crippen LogP contribution >= 0.6 is 0 Å². The van der Waals surface area contributed by atoms with Crippen molar-refractivity contribution in [3.63, 3.8) is 0 Å². The maximum absolute atomic E-state index is 12.3. The lowest BCUT2D eigenvalue weighted by atomic mass is 9.73. The van der Waals surface area contributed by atoms with Crippen LogP contribution < -0.4 is 4.74 Å². The number of benzene rings is 2. The summed E-state index contributed by atoms with van der Waals surface area (Å²) in [6.07, 6.45) is 0.882. The molecule has 0 N–H and O–H groups in total. The molecule has 0 radical (unpaired) electrons. The van der Waals surface area contributed by atoms with Crippen LogP contribution in [-0.4, -0.2) is 19.7 Å². The average Bonchev–Trinajstić information content (AvgIpc) is 2.55. The Balaban J connectivity index is 2.41. The van der Waals surface area contributed by atoms with Crippen LogP contribution in [0.1, 0.15) is 45.6 Å². The number of hydrogen-bond donors (Lipinski definition) is 0. The molecule has 0 spiro atoms. The summed E-state index contributed by atoms with van der Waals surface area (Å²) in [5.41, 5.74) is 0.619. The van der Waals surface area contributed by atoms with E-state index in [-0.39, 0.29) is 11.9 Å². The number of rotatable bonds is 6. The van der Waals surface area contributed by atoms with Gasteiger partial charge in [0.25, 0.3) is 0 Å². The van der Waals surface area contributed by atoms with Gasteiger partial charge in [-0.2, -0.15) is 0 Å². The second-order valence-corrected chi connectivity index (χ2v) is 6.38. The maximum Gasteiger partial charge on any atom is 0.312 e. The molecule has 0 amide bonds. The van der Waals surface area contributed by atoms with Gasteiger partial charge in [0.2, 0.25) is 0 Å². The van der Waals surface area contributed by atoms with E-state index in [1.807, 2.05) is 32.9 Å². The van der Waals surface area contributed by atoms with Crippen molar-refractivity contribution in [1.29, 1.82) is 0 Å². The summed E-state index contributed by atoms with van der Waals surface area (Å²) in [5.74, 6) is 0.832. The van der Waals surface area contributed by atoms with Crippen LogP contribution in [0.2, 0.25) is 0 Å². The molecule has 0 heterocycles. The number of hydrogen-bond acceptors (Lipinski definition) is 3. The minimum atomic E-state index is -0.551. The van der Waals surface area contributed by atoms with E-state index in [4.69, 9.17) is 9.47 Å². The zero-order valence-electron chi connectivity index (χ0n) is 14.7. The Labute approximate surface area is 138 Å². The maximum atomic E-state index is 12.3. The first-order valence-electron chi connectivity index (χ1n) is 8.19. The Morgan fingerprint density at radius 3 is 2.35 bits per heavy atom. The lowest BCUT2D eigenvalue weighted by Crippen LogP contribution is -2.33. The van der Waals surface area contributed by atoms with Gasteiger partial charge in [-0.1, -0.05) is 31.2 Å². The second kappa shape index (κ2) is 7.03. The van der Waals surface area contributed by atoms with E-state index < -0.39 is 5.41 Å². The van der Waals surface area contributed by atoms with Gasteiger partial charge in [-0.25, -0.2) is 0 Å². The SMILES string of the molecule is CCOC(=O)C(C)(C)C(CC)c1ccc2cc(OC)ccc2c1. The Morgan fingerprint density at radius 1 is 1.09 bits per heavy atom. The van der Waals surface area contributed by atoms with Crippen molar-refractivity contribution in [2.45, 2.75) is 40.0 Å². The number of carbonyl (C=O) groups is 1. The molecule has 3 heteroatoms. The van der Waals surface area contributed by atoms with Crippen LogP contribution in [-0.2, 0) is 9.53 Å². The summed E-state index contributed by atoms with van der Waals surface area (Å²) in [6, 6.07) is 12.4. The smallest absolute Gasteiger partial charge is 0.312 e. The minimum absolute atomic E-state index is 0.119. The molecular formula is C20H26O3. The molecule has 0 bridgehead atoms. The van der Waals surface area contributed by atoms with E-state index in [2.05, 4.69) is 31.2 Å². The fraction of sp³-hybridized carbons (Fsp3) is 0.450. The van der Waals surface area contributed by atoms with Crippen LogP contribution in [0.25, 0.3) is 10.8 Å². The summed E-state index contributed by atoms with van der Waals surface area (Å²) in [7, 11) is 1.67. The monoisotopic (exact) mass is 314 g/mol. The van der Waals surface area contributed by atoms with Gasteiger partial charge >= 0.3 is 5.97 Å². The Bertz CT molecular complexity index is 688. The molecule has 3 nitrogen and oxygen atoms in total. The van der Waals surface area contributed by atoms with Crippen molar-refractivity contribution >= 4 is 16.7 Å². The van der Waals surface area contributed by atoms with E-state index in [0.29, 0.717) is 6.61 Å². The molecule has 0 aliphatic carbocycles. The molecule has 1 unspecified atom stereocenters. The third-order valence-corrected chi connectivity index (χ3v) is 4.55. The molecule has 0 saturated carbocycles. The molecule has 2 rings (SSSR count). The molecule has 1 atom stereocenters. The average molecular weight is 314 g/mol. The van der Waals surface area contributed by atoms with E-state index in [1.165, 1.54) is 5.56 Å². The third kappa shape index (κ3) is 3.49. The molecule has 0 saturated heterocycles. The van der Waals surface area contributed by atoms with Gasteiger partial charge in [-0.15, -0.1) is 0 Å². The lowest BCUT2D eigenvalue weighted by molar-refractivity contribution is -0.154. The number of methoxy groups -OCH3 is 1. The molecular weight excluding hydrogens is 288 g/mol.